The van der Waals surface area contributed by atoms with Crippen LogP contribution in [-0.4, -0.2) is 47.3 Å². The van der Waals surface area contributed by atoms with Crippen molar-refractivity contribution < 1.29 is 14.4 Å². The summed E-state index contributed by atoms with van der Waals surface area (Å²) in [5.74, 6) is 0.0822. The molecule has 2 heterocycles. The Hall–Kier alpha value is -3.69. The van der Waals surface area contributed by atoms with Gasteiger partial charge in [-0.2, -0.15) is 0 Å². The highest BCUT2D eigenvalue weighted by molar-refractivity contribution is 5.96. The van der Waals surface area contributed by atoms with Crippen LogP contribution < -0.4 is 27.0 Å². The van der Waals surface area contributed by atoms with Crippen LogP contribution in [0, 0.1) is 5.92 Å². The lowest BCUT2D eigenvalue weighted by molar-refractivity contribution is -0.122. The van der Waals surface area contributed by atoms with Gasteiger partial charge in [-0.15, -0.1) is 0 Å². The van der Waals surface area contributed by atoms with Crippen LogP contribution in [0.5, 0.6) is 0 Å². The molecule has 180 valence electrons. The molecule has 6 N–H and O–H groups in total. The van der Waals surface area contributed by atoms with Crippen LogP contribution in [0.4, 0.5) is 17.3 Å². The molecule has 2 atom stereocenters. The molecule has 1 aliphatic heterocycles. The first-order valence-electron chi connectivity index (χ1n) is 11.6. The fraction of sp³-hybridized carbons (Fsp3) is 0.458. The predicted molar refractivity (Wildman–Crippen MR) is 129 cm³/mol. The Morgan fingerprint density at radius 1 is 1.18 bits per heavy atom. The molecule has 1 aromatic heterocycles. The normalized spacial score (nSPS) is 20.9. The lowest BCUT2D eigenvalue weighted by Gasteiger charge is -2.40. The molecule has 10 heteroatoms. The molecule has 4 rings (SSSR count). The van der Waals surface area contributed by atoms with Crippen molar-refractivity contribution in [2.45, 2.75) is 50.5 Å². The molecule has 3 amide bonds. The van der Waals surface area contributed by atoms with Crippen molar-refractivity contribution in [3.63, 3.8) is 0 Å². The summed E-state index contributed by atoms with van der Waals surface area (Å²) in [5.41, 5.74) is 12.2. The minimum absolute atomic E-state index is 0.0176. The Balaban J connectivity index is 1.57. The highest BCUT2D eigenvalue weighted by Gasteiger charge is 2.49. The van der Waals surface area contributed by atoms with E-state index in [1.807, 2.05) is 24.3 Å². The quantitative estimate of drug-likeness (QED) is 0.461. The maximum absolute atomic E-state index is 12.0. The van der Waals surface area contributed by atoms with Gasteiger partial charge < -0.3 is 27.0 Å². The Morgan fingerprint density at radius 3 is 2.47 bits per heavy atom. The fourth-order valence-corrected chi connectivity index (χ4v) is 4.76. The van der Waals surface area contributed by atoms with Crippen molar-refractivity contribution in [1.82, 2.24) is 15.3 Å². The summed E-state index contributed by atoms with van der Waals surface area (Å²) in [4.78, 5) is 46.8. The van der Waals surface area contributed by atoms with Gasteiger partial charge in [0.15, 0.2) is 11.5 Å². The van der Waals surface area contributed by atoms with Gasteiger partial charge in [-0.3, -0.25) is 14.4 Å². The van der Waals surface area contributed by atoms with E-state index in [0.717, 1.165) is 37.8 Å². The Labute approximate surface area is 198 Å². The number of hydrogen-bond donors (Lipinski definition) is 4. The van der Waals surface area contributed by atoms with Gasteiger partial charge in [0.05, 0.1) is 11.6 Å². The van der Waals surface area contributed by atoms with Gasteiger partial charge in [0.2, 0.25) is 11.8 Å². The summed E-state index contributed by atoms with van der Waals surface area (Å²) in [7, 11) is 1.64. The summed E-state index contributed by atoms with van der Waals surface area (Å²) in [5, 5.41) is 5.84. The number of amides is 3. The van der Waals surface area contributed by atoms with Crippen molar-refractivity contribution in [2.24, 2.45) is 17.4 Å². The lowest BCUT2D eigenvalue weighted by Crippen LogP contribution is -2.45. The number of nitrogens with two attached hydrogens (primary N) is 2. The van der Waals surface area contributed by atoms with E-state index in [1.165, 1.54) is 0 Å². The Bertz CT molecular complexity index is 1100. The molecule has 0 unspecified atom stereocenters. The van der Waals surface area contributed by atoms with Crippen LogP contribution >= 0.6 is 0 Å². The molecular weight excluding hydrogens is 434 g/mol. The number of nitrogens with zero attached hydrogens (tertiary/aromatic N) is 3. The SMILES string of the molecule is CNC(=O)C[C@@H]1CCCN(c2cnc(C(N)=O)c(Nc3ccc(C4(C(N)=O)CC4)cc3)n2)[C@@H]1C. The zero-order valence-electron chi connectivity index (χ0n) is 19.5. The second-order valence-electron chi connectivity index (χ2n) is 9.15. The van der Waals surface area contributed by atoms with Crippen molar-refractivity contribution in [1.29, 1.82) is 0 Å². The van der Waals surface area contributed by atoms with E-state index in [9.17, 15) is 14.4 Å². The van der Waals surface area contributed by atoms with E-state index in [4.69, 9.17) is 11.5 Å². The average Bonchev–Trinajstić information content (AvgIpc) is 3.63. The second kappa shape index (κ2) is 9.28. The first-order valence-corrected chi connectivity index (χ1v) is 11.6. The molecule has 2 aromatic rings. The first kappa shape index (κ1) is 23.5. The number of benzene rings is 1. The van der Waals surface area contributed by atoms with Crippen molar-refractivity contribution in [2.75, 3.05) is 23.8 Å². The third kappa shape index (κ3) is 4.52. The number of aromatic nitrogens is 2. The van der Waals surface area contributed by atoms with Crippen LogP contribution in [0.3, 0.4) is 0 Å². The van der Waals surface area contributed by atoms with E-state index < -0.39 is 11.3 Å². The van der Waals surface area contributed by atoms with E-state index in [0.29, 0.717) is 17.9 Å². The van der Waals surface area contributed by atoms with Crippen molar-refractivity contribution in [3.8, 4) is 0 Å². The largest absolute Gasteiger partial charge is 0.369 e. The van der Waals surface area contributed by atoms with E-state index in [-0.39, 0.29) is 35.3 Å². The number of carbonyl (C=O) groups is 3. The Morgan fingerprint density at radius 2 is 1.88 bits per heavy atom. The highest BCUT2D eigenvalue weighted by atomic mass is 16.2. The van der Waals surface area contributed by atoms with Gasteiger partial charge in [-0.25, -0.2) is 9.97 Å². The average molecular weight is 466 g/mol. The molecule has 2 fully saturated rings. The zero-order chi connectivity index (χ0) is 24.5. The number of piperidine rings is 1. The number of primary amides is 2. The van der Waals surface area contributed by atoms with Crippen molar-refractivity contribution in [3.05, 3.63) is 41.7 Å². The van der Waals surface area contributed by atoms with Crippen LogP contribution in [0.15, 0.2) is 30.5 Å². The van der Waals surface area contributed by atoms with Gasteiger partial charge >= 0.3 is 0 Å². The minimum Gasteiger partial charge on any atom is -0.369 e. The molecule has 2 aliphatic rings. The molecule has 10 nitrogen and oxygen atoms in total. The smallest absolute Gasteiger partial charge is 0.271 e. The summed E-state index contributed by atoms with van der Waals surface area (Å²) >= 11 is 0. The van der Waals surface area contributed by atoms with Gasteiger partial charge in [-0.1, -0.05) is 12.1 Å². The summed E-state index contributed by atoms with van der Waals surface area (Å²) in [6.45, 7) is 2.86. The summed E-state index contributed by atoms with van der Waals surface area (Å²) in [6, 6.07) is 7.44. The molecule has 0 radical (unpaired) electrons. The number of anilines is 3. The maximum Gasteiger partial charge on any atom is 0.271 e. The monoisotopic (exact) mass is 465 g/mol. The van der Waals surface area contributed by atoms with Crippen molar-refractivity contribution >= 4 is 35.0 Å². The minimum atomic E-state index is -0.687. The second-order valence-corrected chi connectivity index (χ2v) is 9.15. The molecule has 0 spiro atoms. The topological polar surface area (TPSA) is 156 Å². The first-order chi connectivity index (χ1) is 16.2. The molecule has 1 saturated heterocycles. The number of nitrogens with one attached hydrogen (secondary N) is 2. The van der Waals surface area contributed by atoms with Crippen LogP contribution in [-0.2, 0) is 15.0 Å². The summed E-state index contributed by atoms with van der Waals surface area (Å²) < 4.78 is 0. The van der Waals surface area contributed by atoms with Gasteiger partial charge in [0.1, 0.15) is 5.82 Å². The molecule has 1 saturated carbocycles. The predicted octanol–water partition coefficient (Wildman–Crippen LogP) is 1.58. The molecule has 1 aliphatic carbocycles. The molecule has 0 bridgehead atoms. The van der Waals surface area contributed by atoms with Crippen LogP contribution in [0.1, 0.15) is 55.1 Å². The van der Waals surface area contributed by atoms with Crippen LogP contribution in [0.25, 0.3) is 0 Å². The third-order valence-electron chi connectivity index (χ3n) is 7.08. The molecule has 34 heavy (non-hydrogen) atoms. The maximum atomic E-state index is 12.0. The standard InChI is InChI=1S/C24H31N7O3/c1-14-15(12-19(32)27-2)4-3-11-31(14)18-13-28-20(21(25)33)22(30-18)29-17-7-5-16(6-8-17)24(9-10-24)23(26)34/h5-8,13-15H,3-4,9-12H2,1-2H3,(H2,25,33)(H2,26,34)(H,27,32)(H,29,30)/t14-,15+/m1/s1. The van der Waals surface area contributed by atoms with E-state index in [2.05, 4.69) is 32.4 Å². The van der Waals surface area contributed by atoms with E-state index in [1.54, 1.807) is 13.2 Å². The fourth-order valence-electron chi connectivity index (χ4n) is 4.76. The highest BCUT2D eigenvalue weighted by Crippen LogP contribution is 2.48. The van der Waals surface area contributed by atoms with Gasteiger partial charge in [0, 0.05) is 31.7 Å². The third-order valence-corrected chi connectivity index (χ3v) is 7.08. The lowest BCUT2D eigenvalue weighted by atomic mass is 9.87. The number of carbonyl (C=O) groups excluding carboxylic acids is 3. The zero-order valence-corrected chi connectivity index (χ0v) is 19.5. The molecule has 1 aromatic carbocycles. The van der Waals surface area contributed by atoms with E-state index >= 15 is 0 Å². The number of hydrogen-bond acceptors (Lipinski definition) is 7. The van der Waals surface area contributed by atoms with Gasteiger partial charge in [-0.05, 0) is 56.2 Å². The van der Waals surface area contributed by atoms with Gasteiger partial charge in [0.25, 0.3) is 5.91 Å². The van der Waals surface area contributed by atoms with Crippen LogP contribution in [0.2, 0.25) is 0 Å². The number of rotatable bonds is 8. The summed E-state index contributed by atoms with van der Waals surface area (Å²) in [6.07, 6.45) is 5.40. The Kier molecular flexibility index (Phi) is 6.41. The molecular formula is C24H31N7O3.